The van der Waals surface area contributed by atoms with E-state index >= 15 is 0 Å². The van der Waals surface area contributed by atoms with Gasteiger partial charge in [-0.25, -0.2) is 13.6 Å². The van der Waals surface area contributed by atoms with Crippen LogP contribution in [0.5, 0.6) is 0 Å². The fourth-order valence-corrected chi connectivity index (χ4v) is 1.18. The normalized spacial score (nSPS) is 29.9. The Kier molecular flexibility index (Phi) is 3.00. The van der Waals surface area contributed by atoms with Crippen molar-refractivity contribution in [3.63, 3.8) is 0 Å². The second kappa shape index (κ2) is 4.05. The molecule has 1 aliphatic carbocycles. The lowest BCUT2D eigenvalue weighted by molar-refractivity contribution is -0.131. The molecule has 0 fully saturated rings. The molecule has 3 nitrogen and oxygen atoms in total. The number of hydrogen-bond donors (Lipinski definition) is 1. The van der Waals surface area contributed by atoms with Crippen LogP contribution in [0.4, 0.5) is 8.78 Å². The Morgan fingerprint density at radius 2 is 2.40 bits per heavy atom. The molecule has 1 rings (SSSR count). The van der Waals surface area contributed by atoms with Gasteiger partial charge in [-0.15, -0.1) is 0 Å². The van der Waals surface area contributed by atoms with Crippen LogP contribution >= 0.6 is 0 Å². The van der Waals surface area contributed by atoms with Crippen molar-refractivity contribution in [1.29, 1.82) is 5.26 Å². The maximum absolute atomic E-state index is 13.7. The van der Waals surface area contributed by atoms with Crippen molar-refractivity contribution in [1.82, 2.24) is 0 Å². The number of halogens is 2. The van der Waals surface area contributed by atoms with E-state index in [4.69, 9.17) is 10.4 Å². The smallest absolute Gasteiger partial charge is 0.328 e. The first-order valence-electron chi connectivity index (χ1n) is 4.06. The van der Waals surface area contributed by atoms with Gasteiger partial charge in [0.1, 0.15) is 11.9 Å². The van der Waals surface area contributed by atoms with Crippen molar-refractivity contribution >= 4 is 5.97 Å². The molecule has 0 aromatic carbocycles. The number of aliphatic carboxylic acids is 1. The van der Waals surface area contributed by atoms with Gasteiger partial charge in [-0.05, 0) is 6.08 Å². The Morgan fingerprint density at radius 1 is 1.73 bits per heavy atom. The Morgan fingerprint density at radius 3 is 2.93 bits per heavy atom. The molecule has 0 saturated heterocycles. The van der Waals surface area contributed by atoms with Gasteiger partial charge in [-0.1, -0.05) is 12.2 Å². The van der Waals surface area contributed by atoms with Crippen molar-refractivity contribution in [2.75, 3.05) is 0 Å². The summed E-state index contributed by atoms with van der Waals surface area (Å²) in [5.74, 6) is -3.18. The van der Waals surface area contributed by atoms with Gasteiger partial charge in [0.25, 0.3) is 0 Å². The van der Waals surface area contributed by atoms with E-state index in [-0.39, 0.29) is 0 Å². The molecule has 0 amide bonds. The minimum absolute atomic E-state index is 0.532. The highest BCUT2D eigenvalue weighted by atomic mass is 19.1. The number of nitrogens with zero attached hydrogens (tertiary/aromatic N) is 1. The van der Waals surface area contributed by atoms with Crippen LogP contribution in [0.25, 0.3) is 0 Å². The first-order valence-corrected chi connectivity index (χ1v) is 4.06. The number of hydrogen-bond acceptors (Lipinski definition) is 2. The van der Waals surface area contributed by atoms with Gasteiger partial charge >= 0.3 is 5.97 Å². The van der Waals surface area contributed by atoms with Crippen LogP contribution in [0, 0.1) is 17.2 Å². The number of allylic oxidation sites excluding steroid dienone is 5. The summed E-state index contributed by atoms with van der Waals surface area (Å²) in [4.78, 5) is 10.2. The number of carboxylic acids is 1. The van der Waals surface area contributed by atoms with Crippen molar-refractivity contribution < 1.29 is 18.7 Å². The third-order valence-corrected chi connectivity index (χ3v) is 1.91. The van der Waals surface area contributed by atoms with Gasteiger partial charge < -0.3 is 5.11 Å². The van der Waals surface area contributed by atoms with Gasteiger partial charge in [0.05, 0.1) is 0 Å². The summed E-state index contributed by atoms with van der Waals surface area (Å²) in [6.45, 7) is 0. The summed E-state index contributed by atoms with van der Waals surface area (Å²) in [5.41, 5.74) is -2.52. The molecule has 0 bridgehead atoms. The van der Waals surface area contributed by atoms with Crippen molar-refractivity contribution in [2.24, 2.45) is 5.92 Å². The van der Waals surface area contributed by atoms with Gasteiger partial charge in [0.15, 0.2) is 0 Å². The minimum atomic E-state index is -2.52. The van der Waals surface area contributed by atoms with Crippen molar-refractivity contribution in [3.05, 3.63) is 36.2 Å². The lowest BCUT2D eigenvalue weighted by Gasteiger charge is -2.21. The van der Waals surface area contributed by atoms with E-state index in [1.54, 1.807) is 0 Å². The van der Waals surface area contributed by atoms with E-state index < -0.39 is 23.4 Å². The van der Waals surface area contributed by atoms with Crippen LogP contribution in [0.2, 0.25) is 0 Å². The van der Waals surface area contributed by atoms with Crippen LogP contribution in [0.3, 0.4) is 0 Å². The summed E-state index contributed by atoms with van der Waals surface area (Å²) in [5, 5.41) is 16.9. The molecule has 0 heterocycles. The molecule has 0 radical (unpaired) electrons. The molecule has 0 saturated carbocycles. The number of carbonyl (C=O) groups is 1. The molecule has 1 aliphatic rings. The zero-order valence-corrected chi connectivity index (χ0v) is 7.52. The van der Waals surface area contributed by atoms with Gasteiger partial charge in [0.2, 0.25) is 5.67 Å². The molecule has 0 aromatic rings. The largest absolute Gasteiger partial charge is 0.478 e. The minimum Gasteiger partial charge on any atom is -0.478 e. The van der Waals surface area contributed by atoms with Crippen LogP contribution < -0.4 is 0 Å². The van der Waals surface area contributed by atoms with E-state index in [9.17, 15) is 13.6 Å². The first-order chi connectivity index (χ1) is 6.98. The molecular formula is C10H7F2NO2. The molecule has 2 atom stereocenters. The van der Waals surface area contributed by atoms with Crippen LogP contribution in [0.1, 0.15) is 0 Å². The van der Waals surface area contributed by atoms with Gasteiger partial charge in [-0.2, -0.15) is 5.26 Å². The van der Waals surface area contributed by atoms with E-state index in [2.05, 4.69) is 0 Å². The van der Waals surface area contributed by atoms with E-state index in [1.807, 2.05) is 0 Å². The Bertz CT molecular complexity index is 406. The fraction of sp³-hybridized carbons (Fsp3) is 0.200. The highest BCUT2D eigenvalue weighted by Crippen LogP contribution is 2.32. The zero-order valence-electron chi connectivity index (χ0n) is 7.52. The predicted molar refractivity (Wildman–Crippen MR) is 48.0 cm³/mol. The van der Waals surface area contributed by atoms with E-state index in [1.165, 1.54) is 6.07 Å². The zero-order chi connectivity index (χ0) is 11.5. The fourth-order valence-electron chi connectivity index (χ4n) is 1.18. The van der Waals surface area contributed by atoms with E-state index in [0.29, 0.717) is 6.08 Å². The van der Waals surface area contributed by atoms with Crippen LogP contribution in [0.15, 0.2) is 36.2 Å². The topological polar surface area (TPSA) is 61.1 Å². The van der Waals surface area contributed by atoms with Crippen molar-refractivity contribution in [2.45, 2.75) is 5.67 Å². The summed E-state index contributed by atoms with van der Waals surface area (Å²) < 4.78 is 26.4. The third-order valence-electron chi connectivity index (χ3n) is 1.91. The molecule has 15 heavy (non-hydrogen) atoms. The average molecular weight is 211 g/mol. The first kappa shape index (κ1) is 11.1. The number of carboxylic acid groups (broad SMARTS) is 1. The number of alkyl halides is 1. The molecule has 0 aromatic heterocycles. The highest BCUT2D eigenvalue weighted by Gasteiger charge is 2.37. The Labute approximate surface area is 84.6 Å². The quantitative estimate of drug-likeness (QED) is 0.709. The standard InChI is InChI=1S/C10H7F2NO2/c11-8-3-1-7(2-4-9(14)15)10(12,5-8)6-13/h1-5,7H,(H,14,15). The summed E-state index contributed by atoms with van der Waals surface area (Å²) in [7, 11) is 0. The summed E-state index contributed by atoms with van der Waals surface area (Å²) >= 11 is 0. The maximum atomic E-state index is 13.7. The Balaban J connectivity index is 2.97. The van der Waals surface area contributed by atoms with Gasteiger partial charge in [-0.3, -0.25) is 0 Å². The number of nitriles is 1. The highest BCUT2D eigenvalue weighted by molar-refractivity contribution is 5.79. The van der Waals surface area contributed by atoms with E-state index in [0.717, 1.165) is 24.3 Å². The second-order valence-corrected chi connectivity index (χ2v) is 2.99. The molecule has 0 aliphatic heterocycles. The predicted octanol–water partition coefficient (Wildman–Crippen LogP) is 1.90. The maximum Gasteiger partial charge on any atom is 0.328 e. The summed E-state index contributed by atoms with van der Waals surface area (Å²) in [6, 6.07) is 1.31. The summed E-state index contributed by atoms with van der Waals surface area (Å²) in [6.07, 6.45) is 4.36. The van der Waals surface area contributed by atoms with Gasteiger partial charge in [0, 0.05) is 18.1 Å². The van der Waals surface area contributed by atoms with Crippen LogP contribution in [-0.4, -0.2) is 16.7 Å². The molecular weight excluding hydrogens is 204 g/mol. The molecule has 0 spiro atoms. The SMILES string of the molecule is N#CC1(F)C=C(F)C=CC1C=CC(=O)O. The molecule has 78 valence electrons. The molecule has 2 unspecified atom stereocenters. The number of rotatable bonds is 2. The molecule has 1 N–H and O–H groups in total. The van der Waals surface area contributed by atoms with Crippen molar-refractivity contribution in [3.8, 4) is 6.07 Å². The molecule has 5 heteroatoms. The Hall–Kier alpha value is -1.96. The second-order valence-electron chi connectivity index (χ2n) is 2.99. The average Bonchev–Trinajstić information content (AvgIpc) is 2.16. The third kappa shape index (κ3) is 2.50. The lowest BCUT2D eigenvalue weighted by Crippen LogP contribution is -2.28. The van der Waals surface area contributed by atoms with Crippen LogP contribution in [-0.2, 0) is 4.79 Å². The lowest BCUT2D eigenvalue weighted by atomic mass is 9.86. The monoisotopic (exact) mass is 211 g/mol.